The number of aromatic nitrogens is 2. The first kappa shape index (κ1) is 12.0. The van der Waals surface area contributed by atoms with E-state index < -0.39 is 0 Å². The molecule has 1 unspecified atom stereocenters. The predicted octanol–water partition coefficient (Wildman–Crippen LogP) is 1.26. The topological polar surface area (TPSA) is 94.0 Å². The van der Waals surface area contributed by atoms with Gasteiger partial charge in [-0.2, -0.15) is 0 Å². The molecule has 1 aliphatic carbocycles. The van der Waals surface area contributed by atoms with Crippen molar-refractivity contribution in [1.82, 2.24) is 10.2 Å². The van der Waals surface area contributed by atoms with E-state index in [9.17, 15) is 4.79 Å². The van der Waals surface area contributed by atoms with E-state index in [2.05, 4.69) is 15.5 Å². The Morgan fingerprint density at radius 1 is 1.59 bits per heavy atom. The minimum Gasteiger partial charge on any atom is -0.408 e. The molecule has 0 aromatic carbocycles. The van der Waals surface area contributed by atoms with Crippen LogP contribution in [-0.4, -0.2) is 22.6 Å². The molecular weight excluding hydrogens is 220 g/mol. The second-order valence-corrected chi connectivity index (χ2v) is 4.43. The van der Waals surface area contributed by atoms with Crippen LogP contribution in [0.3, 0.4) is 0 Å². The summed E-state index contributed by atoms with van der Waals surface area (Å²) in [6, 6.07) is 0.187. The molecule has 0 spiro atoms. The van der Waals surface area contributed by atoms with E-state index >= 15 is 0 Å². The van der Waals surface area contributed by atoms with E-state index in [1.54, 1.807) is 0 Å². The molecule has 0 aliphatic heterocycles. The van der Waals surface area contributed by atoms with Crippen LogP contribution in [0.2, 0.25) is 0 Å². The van der Waals surface area contributed by atoms with Crippen molar-refractivity contribution in [3.05, 3.63) is 5.89 Å². The zero-order valence-corrected chi connectivity index (χ0v) is 9.98. The summed E-state index contributed by atoms with van der Waals surface area (Å²) in [7, 11) is 0. The van der Waals surface area contributed by atoms with E-state index in [-0.39, 0.29) is 17.8 Å². The highest BCUT2D eigenvalue weighted by atomic mass is 16.4. The summed E-state index contributed by atoms with van der Waals surface area (Å²) in [6.45, 7) is 2.36. The van der Waals surface area contributed by atoms with Gasteiger partial charge in [-0.3, -0.25) is 10.1 Å². The van der Waals surface area contributed by atoms with Crippen molar-refractivity contribution in [2.45, 2.75) is 38.5 Å². The van der Waals surface area contributed by atoms with E-state index in [4.69, 9.17) is 10.2 Å². The summed E-state index contributed by atoms with van der Waals surface area (Å²) in [5.74, 6) is 0.700. The van der Waals surface area contributed by atoms with E-state index in [0.717, 1.165) is 25.7 Å². The van der Waals surface area contributed by atoms with Crippen LogP contribution in [-0.2, 0) is 4.79 Å². The molecule has 1 fully saturated rings. The first-order valence-corrected chi connectivity index (χ1v) is 6.09. The summed E-state index contributed by atoms with van der Waals surface area (Å²) in [5.41, 5.74) is 5.55. The van der Waals surface area contributed by atoms with Gasteiger partial charge < -0.3 is 10.2 Å². The third-order valence-corrected chi connectivity index (χ3v) is 2.89. The van der Waals surface area contributed by atoms with Crippen molar-refractivity contribution >= 4 is 11.9 Å². The molecule has 17 heavy (non-hydrogen) atoms. The van der Waals surface area contributed by atoms with Crippen molar-refractivity contribution in [2.24, 2.45) is 11.7 Å². The fourth-order valence-corrected chi connectivity index (χ4v) is 1.69. The lowest BCUT2D eigenvalue weighted by Gasteiger charge is -2.11. The summed E-state index contributed by atoms with van der Waals surface area (Å²) in [4.78, 5) is 11.8. The van der Waals surface area contributed by atoms with Gasteiger partial charge in [-0.05, 0) is 19.3 Å². The Morgan fingerprint density at radius 3 is 2.94 bits per heavy atom. The summed E-state index contributed by atoms with van der Waals surface area (Å²) >= 11 is 0. The highest BCUT2D eigenvalue weighted by Crippen LogP contribution is 2.39. The quantitative estimate of drug-likeness (QED) is 0.778. The van der Waals surface area contributed by atoms with Crippen LogP contribution in [0.1, 0.15) is 44.4 Å². The molecule has 6 nitrogen and oxygen atoms in total. The first-order chi connectivity index (χ1) is 8.24. The van der Waals surface area contributed by atoms with Gasteiger partial charge in [0, 0.05) is 12.5 Å². The van der Waals surface area contributed by atoms with Crippen LogP contribution < -0.4 is 11.1 Å². The summed E-state index contributed by atoms with van der Waals surface area (Å²) in [6.07, 6.45) is 3.88. The lowest BCUT2D eigenvalue weighted by atomic mass is 10.0. The minimum absolute atomic E-state index is 0.139. The number of nitrogens with one attached hydrogen (secondary N) is 1. The molecule has 0 radical (unpaired) electrons. The SMILES string of the molecule is CCCC(CN)C(=O)Nc1nnc(C2CC2)o1. The summed E-state index contributed by atoms with van der Waals surface area (Å²) in [5, 5.41) is 10.3. The van der Waals surface area contributed by atoms with Gasteiger partial charge in [0.25, 0.3) is 0 Å². The number of hydrogen-bond acceptors (Lipinski definition) is 5. The molecular formula is C11H18N4O2. The lowest BCUT2D eigenvalue weighted by molar-refractivity contribution is -0.119. The molecule has 6 heteroatoms. The zero-order chi connectivity index (χ0) is 12.3. The van der Waals surface area contributed by atoms with Gasteiger partial charge in [-0.1, -0.05) is 18.4 Å². The van der Waals surface area contributed by atoms with Crippen LogP contribution in [0.25, 0.3) is 0 Å². The fourth-order valence-electron chi connectivity index (χ4n) is 1.69. The highest BCUT2D eigenvalue weighted by Gasteiger charge is 2.29. The van der Waals surface area contributed by atoms with Crippen molar-refractivity contribution in [3.8, 4) is 0 Å². The number of carbonyl (C=O) groups is 1. The number of anilines is 1. The third kappa shape index (κ3) is 3.03. The number of nitrogens with zero attached hydrogens (tertiary/aromatic N) is 2. The molecule has 1 saturated carbocycles. The molecule has 3 N–H and O–H groups in total. The molecule has 1 amide bonds. The number of nitrogens with two attached hydrogens (primary N) is 1. The number of hydrogen-bond donors (Lipinski definition) is 2. The standard InChI is InChI=1S/C11H18N4O2/c1-2-3-8(6-12)9(16)13-11-15-14-10(17-11)7-4-5-7/h7-8H,2-6,12H2,1H3,(H,13,15,16). The van der Waals surface area contributed by atoms with Crippen LogP contribution in [0.15, 0.2) is 4.42 Å². The van der Waals surface area contributed by atoms with Crippen molar-refractivity contribution in [3.63, 3.8) is 0 Å². The van der Waals surface area contributed by atoms with Crippen LogP contribution in [0.4, 0.5) is 6.01 Å². The molecule has 94 valence electrons. The molecule has 1 aromatic heterocycles. The van der Waals surface area contributed by atoms with Crippen molar-refractivity contribution in [1.29, 1.82) is 0 Å². The Labute approximate surface area is 100.0 Å². The smallest absolute Gasteiger partial charge is 0.322 e. The summed E-state index contributed by atoms with van der Waals surface area (Å²) < 4.78 is 5.36. The zero-order valence-electron chi connectivity index (χ0n) is 9.98. The van der Waals surface area contributed by atoms with Gasteiger partial charge in [0.1, 0.15) is 0 Å². The van der Waals surface area contributed by atoms with E-state index in [1.807, 2.05) is 6.92 Å². The van der Waals surface area contributed by atoms with Crippen LogP contribution in [0.5, 0.6) is 0 Å². The number of amides is 1. The third-order valence-electron chi connectivity index (χ3n) is 2.89. The van der Waals surface area contributed by atoms with Gasteiger partial charge in [-0.15, -0.1) is 5.10 Å². The van der Waals surface area contributed by atoms with Crippen LogP contribution >= 0.6 is 0 Å². The molecule has 1 atom stereocenters. The van der Waals surface area contributed by atoms with Gasteiger partial charge in [0.05, 0.1) is 5.92 Å². The van der Waals surface area contributed by atoms with Gasteiger partial charge >= 0.3 is 6.01 Å². The Morgan fingerprint density at radius 2 is 2.35 bits per heavy atom. The van der Waals surface area contributed by atoms with Crippen LogP contribution in [0, 0.1) is 5.92 Å². The highest BCUT2D eigenvalue weighted by molar-refractivity contribution is 5.90. The first-order valence-electron chi connectivity index (χ1n) is 6.09. The maximum absolute atomic E-state index is 11.8. The Kier molecular flexibility index (Phi) is 3.73. The van der Waals surface area contributed by atoms with E-state index in [0.29, 0.717) is 18.4 Å². The minimum atomic E-state index is -0.184. The molecule has 0 saturated heterocycles. The molecule has 1 aliphatic rings. The molecule has 1 aromatic rings. The second kappa shape index (κ2) is 5.27. The van der Waals surface area contributed by atoms with Crippen molar-refractivity contribution < 1.29 is 9.21 Å². The molecule has 0 bridgehead atoms. The Balaban J connectivity index is 1.91. The predicted molar refractivity (Wildman–Crippen MR) is 62.4 cm³/mol. The molecule has 2 rings (SSSR count). The van der Waals surface area contributed by atoms with Gasteiger partial charge in [-0.25, -0.2) is 0 Å². The fraction of sp³-hybridized carbons (Fsp3) is 0.727. The average molecular weight is 238 g/mol. The van der Waals surface area contributed by atoms with E-state index in [1.165, 1.54) is 0 Å². The molecule has 1 heterocycles. The number of carbonyl (C=O) groups excluding carboxylic acids is 1. The van der Waals surface area contributed by atoms with Gasteiger partial charge in [0.15, 0.2) is 0 Å². The second-order valence-electron chi connectivity index (χ2n) is 4.43. The normalized spacial score (nSPS) is 16.8. The van der Waals surface area contributed by atoms with Gasteiger partial charge in [0.2, 0.25) is 11.8 Å². The Hall–Kier alpha value is -1.43. The lowest BCUT2D eigenvalue weighted by Crippen LogP contribution is -2.29. The number of rotatable bonds is 6. The monoisotopic (exact) mass is 238 g/mol. The Bertz CT molecular complexity index is 387. The maximum Gasteiger partial charge on any atom is 0.322 e. The maximum atomic E-state index is 11.8. The average Bonchev–Trinajstić information content (AvgIpc) is 3.07. The largest absolute Gasteiger partial charge is 0.408 e. The van der Waals surface area contributed by atoms with Crippen molar-refractivity contribution in [2.75, 3.05) is 11.9 Å².